The summed E-state index contributed by atoms with van der Waals surface area (Å²) in [6.45, 7) is 11.6. The molecule has 22 heavy (non-hydrogen) atoms. The second kappa shape index (κ2) is 12.6. The van der Waals surface area contributed by atoms with Gasteiger partial charge in [0, 0.05) is 0 Å². The third-order valence-corrected chi connectivity index (χ3v) is 6.12. The van der Waals surface area contributed by atoms with Crippen molar-refractivity contribution < 1.29 is 4.43 Å². The Balaban J connectivity index is 5.51. The number of rotatable bonds is 15. The molecule has 0 heterocycles. The van der Waals surface area contributed by atoms with Crippen molar-refractivity contribution in [2.75, 3.05) is 0 Å². The topological polar surface area (TPSA) is 9.23 Å². The smallest absolute Gasteiger partial charge is 0.247 e. The van der Waals surface area contributed by atoms with Crippen molar-refractivity contribution in [1.82, 2.24) is 0 Å². The second-order valence-corrected chi connectivity index (χ2v) is 7.35. The molecule has 0 fully saturated rings. The summed E-state index contributed by atoms with van der Waals surface area (Å²) in [6, 6.07) is 0. The Kier molecular flexibility index (Phi) is 12.7. The minimum atomic E-state index is 0.0228. The van der Waals surface area contributed by atoms with Crippen LogP contribution in [0.25, 0.3) is 0 Å². The fourth-order valence-electron chi connectivity index (χ4n) is 4.08. The van der Waals surface area contributed by atoms with E-state index in [1.165, 1.54) is 83.5 Å². The summed E-state index contributed by atoms with van der Waals surface area (Å²) in [7, 11) is 3.55. The average molecular weight is 326 g/mol. The van der Waals surface area contributed by atoms with Gasteiger partial charge in [-0.15, -0.1) is 0 Å². The number of hydrogen-bond acceptors (Lipinski definition) is 1. The van der Waals surface area contributed by atoms with Crippen molar-refractivity contribution in [3.63, 3.8) is 0 Å². The highest BCUT2D eigenvalue weighted by molar-refractivity contribution is 5.98. The van der Waals surface area contributed by atoms with Crippen LogP contribution in [0.15, 0.2) is 0 Å². The van der Waals surface area contributed by atoms with Crippen LogP contribution in [0.4, 0.5) is 0 Å². The van der Waals surface area contributed by atoms with Crippen molar-refractivity contribution in [3.05, 3.63) is 0 Å². The van der Waals surface area contributed by atoms with Gasteiger partial charge in [0.2, 0.25) is 10.5 Å². The molecule has 0 aliphatic heterocycles. The van der Waals surface area contributed by atoms with E-state index < -0.39 is 0 Å². The summed E-state index contributed by atoms with van der Waals surface area (Å²) >= 11 is 0. The lowest BCUT2D eigenvalue weighted by atomic mass is 9.61. The standard InChI is InChI=1S/C20H41OSi/c1-6-11-15-19(10-5,16-12-7-2)20(21-22,17-13-8-3)18-14-9-4/h6-18H2,1-5H3. The van der Waals surface area contributed by atoms with E-state index in [2.05, 4.69) is 45.1 Å². The lowest BCUT2D eigenvalue weighted by Gasteiger charge is -2.51. The molecule has 0 unspecified atom stereocenters. The van der Waals surface area contributed by atoms with Crippen LogP contribution < -0.4 is 0 Å². The zero-order valence-electron chi connectivity index (χ0n) is 16.1. The van der Waals surface area contributed by atoms with Gasteiger partial charge in [-0.1, -0.05) is 86.0 Å². The molecule has 0 atom stereocenters. The molecule has 2 heteroatoms. The number of hydrogen-bond donors (Lipinski definition) is 0. The van der Waals surface area contributed by atoms with Crippen molar-refractivity contribution in [2.24, 2.45) is 5.41 Å². The Morgan fingerprint density at radius 3 is 1.27 bits per heavy atom. The van der Waals surface area contributed by atoms with Crippen molar-refractivity contribution in [1.29, 1.82) is 0 Å². The number of unbranched alkanes of at least 4 members (excludes halogenated alkanes) is 4. The molecule has 0 N–H and O–H groups in total. The van der Waals surface area contributed by atoms with Gasteiger partial charge in [-0.25, -0.2) is 0 Å². The van der Waals surface area contributed by atoms with Gasteiger partial charge in [0.25, 0.3) is 0 Å². The third kappa shape index (κ3) is 6.00. The van der Waals surface area contributed by atoms with E-state index in [1.54, 1.807) is 0 Å². The van der Waals surface area contributed by atoms with Crippen LogP contribution in [-0.2, 0) is 4.43 Å². The minimum Gasteiger partial charge on any atom is -0.413 e. The van der Waals surface area contributed by atoms with Crippen LogP contribution in [0.1, 0.15) is 118 Å². The van der Waals surface area contributed by atoms with Gasteiger partial charge in [0.1, 0.15) is 0 Å². The van der Waals surface area contributed by atoms with E-state index in [0.29, 0.717) is 5.41 Å². The molecule has 3 radical (unpaired) electrons. The van der Waals surface area contributed by atoms with E-state index in [1.807, 2.05) is 0 Å². The molecule has 0 aromatic rings. The first-order chi connectivity index (χ1) is 10.6. The Labute approximate surface area is 144 Å². The van der Waals surface area contributed by atoms with Gasteiger partial charge >= 0.3 is 0 Å². The predicted octanol–water partition coefficient (Wildman–Crippen LogP) is 6.98. The predicted molar refractivity (Wildman–Crippen MR) is 100 cm³/mol. The van der Waals surface area contributed by atoms with E-state index >= 15 is 0 Å². The maximum Gasteiger partial charge on any atom is 0.247 e. The Morgan fingerprint density at radius 1 is 0.636 bits per heavy atom. The van der Waals surface area contributed by atoms with Gasteiger partial charge in [-0.05, 0) is 37.5 Å². The van der Waals surface area contributed by atoms with E-state index in [-0.39, 0.29) is 5.60 Å². The second-order valence-electron chi connectivity index (χ2n) is 7.14. The highest BCUT2D eigenvalue weighted by Gasteiger charge is 2.47. The van der Waals surface area contributed by atoms with Gasteiger partial charge < -0.3 is 4.43 Å². The quantitative estimate of drug-likeness (QED) is 0.295. The van der Waals surface area contributed by atoms with Crippen LogP contribution >= 0.6 is 0 Å². The van der Waals surface area contributed by atoms with Gasteiger partial charge in [-0.3, -0.25) is 0 Å². The van der Waals surface area contributed by atoms with Gasteiger partial charge in [0.15, 0.2) is 0 Å². The molecule has 1 nitrogen and oxygen atoms in total. The van der Waals surface area contributed by atoms with E-state index in [0.717, 1.165) is 0 Å². The normalized spacial score (nSPS) is 12.8. The lowest BCUT2D eigenvalue weighted by molar-refractivity contribution is -0.0890. The molecule has 0 rings (SSSR count). The van der Waals surface area contributed by atoms with Crippen LogP contribution in [0.3, 0.4) is 0 Å². The van der Waals surface area contributed by atoms with Crippen molar-refractivity contribution in [2.45, 2.75) is 124 Å². The summed E-state index contributed by atoms with van der Waals surface area (Å²) in [6.07, 6.45) is 16.6. The largest absolute Gasteiger partial charge is 0.413 e. The highest BCUT2D eigenvalue weighted by Crippen LogP contribution is 2.51. The first-order valence-corrected chi connectivity index (χ1v) is 10.4. The molecule has 0 aromatic heterocycles. The average Bonchev–Trinajstić information content (AvgIpc) is 2.56. The molecule has 0 saturated heterocycles. The third-order valence-electron chi connectivity index (χ3n) is 5.72. The van der Waals surface area contributed by atoms with Gasteiger partial charge in [0.05, 0.1) is 5.60 Å². The summed E-state index contributed by atoms with van der Waals surface area (Å²) in [5, 5.41) is 0. The van der Waals surface area contributed by atoms with E-state index in [9.17, 15) is 0 Å². The molecule has 0 saturated carbocycles. The van der Waals surface area contributed by atoms with Crippen LogP contribution in [-0.4, -0.2) is 16.1 Å². The van der Waals surface area contributed by atoms with Crippen LogP contribution in [0, 0.1) is 5.41 Å². The first-order valence-electron chi connectivity index (χ1n) is 9.96. The molecular formula is C20H41OSi. The molecule has 131 valence electrons. The summed E-state index contributed by atoms with van der Waals surface area (Å²) in [5.74, 6) is 0. The molecular weight excluding hydrogens is 284 g/mol. The molecule has 0 amide bonds. The Hall–Kier alpha value is 0.177. The molecule has 0 spiro atoms. The molecule has 0 aliphatic carbocycles. The highest BCUT2D eigenvalue weighted by atomic mass is 28.2. The SMILES string of the molecule is CCCCC(CC)(CCCC)C(CCCC)(CCCC)O[Si]. The molecule has 0 aromatic carbocycles. The van der Waals surface area contributed by atoms with Crippen LogP contribution in [0.2, 0.25) is 0 Å². The minimum absolute atomic E-state index is 0.0228. The summed E-state index contributed by atoms with van der Waals surface area (Å²) < 4.78 is 6.20. The van der Waals surface area contributed by atoms with Crippen molar-refractivity contribution >= 4 is 10.5 Å². The zero-order chi connectivity index (χ0) is 16.9. The fraction of sp³-hybridized carbons (Fsp3) is 1.00. The monoisotopic (exact) mass is 325 g/mol. The fourth-order valence-corrected chi connectivity index (χ4v) is 4.50. The maximum atomic E-state index is 6.20. The molecule has 0 bridgehead atoms. The maximum absolute atomic E-state index is 6.20. The zero-order valence-corrected chi connectivity index (χ0v) is 17.1. The lowest BCUT2D eigenvalue weighted by Crippen LogP contribution is -2.50. The van der Waals surface area contributed by atoms with Crippen molar-refractivity contribution in [3.8, 4) is 0 Å². The van der Waals surface area contributed by atoms with Crippen LogP contribution in [0.5, 0.6) is 0 Å². The Bertz CT molecular complexity index is 210. The molecule has 0 aliphatic rings. The summed E-state index contributed by atoms with van der Waals surface area (Å²) in [4.78, 5) is 0. The Morgan fingerprint density at radius 2 is 1.00 bits per heavy atom. The van der Waals surface area contributed by atoms with Gasteiger partial charge in [-0.2, -0.15) is 0 Å². The summed E-state index contributed by atoms with van der Waals surface area (Å²) in [5.41, 5.74) is 0.361. The van der Waals surface area contributed by atoms with E-state index in [4.69, 9.17) is 4.43 Å². The first kappa shape index (κ1) is 22.2.